The van der Waals surface area contributed by atoms with Crippen LogP contribution in [0.4, 0.5) is 10.8 Å². The fourth-order valence-corrected chi connectivity index (χ4v) is 4.60. The smallest absolute Gasteiger partial charge is 0.213 e. The number of hydrogen-bond acceptors (Lipinski definition) is 8. The van der Waals surface area contributed by atoms with Gasteiger partial charge in [-0.25, -0.2) is 18.4 Å². The van der Waals surface area contributed by atoms with E-state index in [0.29, 0.717) is 27.3 Å². The average Bonchev–Trinajstić information content (AvgIpc) is 3.03. The number of aliphatic hydroxyl groups is 1. The number of methoxy groups -OCH3 is 1. The number of aromatic nitrogens is 2. The zero-order valence-corrected chi connectivity index (χ0v) is 16.8. The first-order valence-electron chi connectivity index (χ1n) is 7.69. The second kappa shape index (κ2) is 7.81. The van der Waals surface area contributed by atoms with E-state index in [0.717, 1.165) is 11.8 Å². The molecule has 0 fully saturated rings. The molecular formula is C17H16ClN3O4S2. The second-order valence-electron chi connectivity index (χ2n) is 5.58. The molecule has 0 saturated heterocycles. The van der Waals surface area contributed by atoms with Crippen molar-refractivity contribution >= 4 is 43.6 Å². The highest BCUT2D eigenvalue weighted by molar-refractivity contribution is 7.90. The van der Waals surface area contributed by atoms with Crippen molar-refractivity contribution in [3.8, 4) is 17.1 Å². The summed E-state index contributed by atoms with van der Waals surface area (Å²) in [6, 6.07) is 8.08. The first-order valence-corrected chi connectivity index (χ1v) is 10.8. The number of hydrogen-bond donors (Lipinski definition) is 2. The largest absolute Gasteiger partial charge is 0.481 e. The van der Waals surface area contributed by atoms with Crippen LogP contribution in [0, 0.1) is 0 Å². The van der Waals surface area contributed by atoms with Crippen molar-refractivity contribution in [1.29, 1.82) is 0 Å². The van der Waals surface area contributed by atoms with E-state index in [9.17, 15) is 13.5 Å². The minimum atomic E-state index is -3.40. The number of anilines is 2. The van der Waals surface area contributed by atoms with E-state index in [2.05, 4.69) is 15.3 Å². The van der Waals surface area contributed by atoms with Crippen LogP contribution in [0.3, 0.4) is 0 Å². The van der Waals surface area contributed by atoms with Gasteiger partial charge in [0.05, 0.1) is 34.2 Å². The van der Waals surface area contributed by atoms with Crippen molar-refractivity contribution in [2.45, 2.75) is 11.5 Å². The quantitative estimate of drug-likeness (QED) is 0.623. The fourth-order valence-electron chi connectivity index (χ4n) is 2.41. The SMILES string of the molecule is COc1cc(-c2nc(Nc3ccc(S(C)(=O)=O)c(Cl)c3)sc2CO)ccn1. The van der Waals surface area contributed by atoms with E-state index < -0.39 is 9.84 Å². The number of thiazole rings is 1. The van der Waals surface area contributed by atoms with E-state index in [1.165, 1.54) is 30.6 Å². The Hall–Kier alpha value is -2.20. The number of nitrogens with one attached hydrogen (secondary N) is 1. The zero-order chi connectivity index (χ0) is 19.6. The molecule has 0 aliphatic carbocycles. The van der Waals surface area contributed by atoms with Gasteiger partial charge in [0.25, 0.3) is 0 Å². The van der Waals surface area contributed by atoms with Gasteiger partial charge >= 0.3 is 0 Å². The Labute approximate surface area is 165 Å². The molecule has 0 aliphatic heterocycles. The van der Waals surface area contributed by atoms with Crippen LogP contribution in [0.2, 0.25) is 5.02 Å². The third-order valence-electron chi connectivity index (χ3n) is 3.64. The topological polar surface area (TPSA) is 101 Å². The zero-order valence-electron chi connectivity index (χ0n) is 14.4. The molecular weight excluding hydrogens is 410 g/mol. The molecule has 10 heteroatoms. The maximum Gasteiger partial charge on any atom is 0.213 e. The van der Waals surface area contributed by atoms with Gasteiger partial charge in [0.15, 0.2) is 15.0 Å². The van der Waals surface area contributed by atoms with Crippen LogP contribution < -0.4 is 10.1 Å². The van der Waals surface area contributed by atoms with E-state index >= 15 is 0 Å². The van der Waals surface area contributed by atoms with E-state index in [-0.39, 0.29) is 16.5 Å². The van der Waals surface area contributed by atoms with Crippen molar-refractivity contribution in [1.82, 2.24) is 9.97 Å². The minimum absolute atomic E-state index is 0.0643. The molecule has 3 rings (SSSR count). The van der Waals surface area contributed by atoms with Gasteiger partial charge in [-0.05, 0) is 24.3 Å². The van der Waals surface area contributed by atoms with Gasteiger partial charge < -0.3 is 15.2 Å². The number of rotatable bonds is 6. The molecule has 2 N–H and O–H groups in total. The molecule has 2 aromatic heterocycles. The van der Waals surface area contributed by atoms with Gasteiger partial charge in [0.1, 0.15) is 0 Å². The third-order valence-corrected chi connectivity index (χ3v) is 6.18. The molecule has 7 nitrogen and oxygen atoms in total. The molecule has 3 aromatic rings. The normalized spacial score (nSPS) is 11.4. The molecule has 1 aromatic carbocycles. The van der Waals surface area contributed by atoms with Crippen molar-refractivity contribution in [3.05, 3.63) is 46.4 Å². The number of sulfone groups is 1. The number of benzene rings is 1. The van der Waals surface area contributed by atoms with Gasteiger partial charge in [-0.15, -0.1) is 0 Å². The van der Waals surface area contributed by atoms with Crippen LogP contribution in [0.5, 0.6) is 5.88 Å². The van der Waals surface area contributed by atoms with Crippen LogP contribution >= 0.6 is 22.9 Å². The lowest BCUT2D eigenvalue weighted by Gasteiger charge is -2.06. The Morgan fingerprint density at radius 3 is 2.70 bits per heavy atom. The molecule has 0 saturated carbocycles. The predicted molar refractivity (Wildman–Crippen MR) is 106 cm³/mol. The van der Waals surface area contributed by atoms with Gasteiger partial charge in [-0.1, -0.05) is 22.9 Å². The van der Waals surface area contributed by atoms with Crippen molar-refractivity contribution in [2.75, 3.05) is 18.7 Å². The lowest BCUT2D eigenvalue weighted by molar-refractivity contribution is 0.286. The highest BCUT2D eigenvalue weighted by atomic mass is 35.5. The molecule has 27 heavy (non-hydrogen) atoms. The maximum atomic E-state index is 11.7. The highest BCUT2D eigenvalue weighted by Gasteiger charge is 2.16. The van der Waals surface area contributed by atoms with Gasteiger partial charge in [0, 0.05) is 29.8 Å². The molecule has 0 unspecified atom stereocenters. The van der Waals surface area contributed by atoms with Crippen LogP contribution in [-0.2, 0) is 16.4 Å². The summed E-state index contributed by atoms with van der Waals surface area (Å²) in [4.78, 5) is 9.32. The average molecular weight is 426 g/mol. The van der Waals surface area contributed by atoms with Crippen LogP contribution in [0.25, 0.3) is 11.3 Å². The Bertz CT molecular complexity index is 1080. The van der Waals surface area contributed by atoms with Crippen molar-refractivity contribution in [3.63, 3.8) is 0 Å². The van der Waals surface area contributed by atoms with Crippen molar-refractivity contribution < 1.29 is 18.3 Å². The molecule has 142 valence electrons. The Balaban J connectivity index is 1.93. The molecule has 0 atom stereocenters. The number of pyridine rings is 1. The number of ether oxygens (including phenoxy) is 1. The van der Waals surface area contributed by atoms with Gasteiger partial charge in [0.2, 0.25) is 5.88 Å². The molecule has 0 amide bonds. The van der Waals surface area contributed by atoms with Crippen LogP contribution in [0.15, 0.2) is 41.4 Å². The molecule has 0 aliphatic rings. The summed E-state index contributed by atoms with van der Waals surface area (Å²) in [6.45, 7) is -0.174. The van der Waals surface area contributed by atoms with E-state index in [4.69, 9.17) is 16.3 Å². The first-order chi connectivity index (χ1) is 12.8. The van der Waals surface area contributed by atoms with Gasteiger partial charge in [-0.3, -0.25) is 0 Å². The third kappa shape index (κ3) is 4.38. The lowest BCUT2D eigenvalue weighted by Crippen LogP contribution is -1.99. The fraction of sp³-hybridized carbons (Fsp3) is 0.176. The second-order valence-corrected chi connectivity index (χ2v) is 9.05. The molecule has 0 bridgehead atoms. The summed E-state index contributed by atoms with van der Waals surface area (Å²) in [5, 5.41) is 13.4. The summed E-state index contributed by atoms with van der Waals surface area (Å²) >= 11 is 7.36. The standard InChI is InChI=1S/C17H16ClN3O4S2/c1-25-15-7-10(5-6-19-15)16-13(9-22)26-17(21-16)20-11-3-4-14(12(18)8-11)27(2,23)24/h3-8,22H,9H2,1-2H3,(H,20,21). The lowest BCUT2D eigenvalue weighted by atomic mass is 10.2. The summed E-state index contributed by atoms with van der Waals surface area (Å²) in [7, 11) is -1.87. The van der Waals surface area contributed by atoms with E-state index in [1.807, 2.05) is 0 Å². The van der Waals surface area contributed by atoms with E-state index in [1.54, 1.807) is 24.4 Å². The molecule has 2 heterocycles. The summed E-state index contributed by atoms with van der Waals surface area (Å²) in [6.07, 6.45) is 2.70. The van der Waals surface area contributed by atoms with Crippen LogP contribution in [-0.4, -0.2) is 36.9 Å². The Morgan fingerprint density at radius 1 is 1.30 bits per heavy atom. The highest BCUT2D eigenvalue weighted by Crippen LogP contribution is 2.34. The monoisotopic (exact) mass is 425 g/mol. The first kappa shape index (κ1) is 19.6. The maximum absolute atomic E-state index is 11.7. The minimum Gasteiger partial charge on any atom is -0.481 e. The van der Waals surface area contributed by atoms with Gasteiger partial charge in [-0.2, -0.15) is 0 Å². The summed E-state index contributed by atoms with van der Waals surface area (Å²) < 4.78 is 28.4. The Kier molecular flexibility index (Phi) is 5.66. The van der Waals surface area contributed by atoms with Crippen LogP contribution in [0.1, 0.15) is 4.88 Å². The molecule has 0 radical (unpaired) electrons. The number of nitrogens with zero attached hydrogens (tertiary/aromatic N) is 2. The number of aliphatic hydroxyl groups excluding tert-OH is 1. The summed E-state index contributed by atoms with van der Waals surface area (Å²) in [5.74, 6) is 0.446. The number of halogens is 1. The summed E-state index contributed by atoms with van der Waals surface area (Å²) in [5.41, 5.74) is 1.97. The molecule has 0 spiro atoms. The van der Waals surface area contributed by atoms with Crippen molar-refractivity contribution in [2.24, 2.45) is 0 Å². The predicted octanol–water partition coefficient (Wildman–Crippen LogP) is 3.51. The Morgan fingerprint density at radius 2 is 2.07 bits per heavy atom.